The Morgan fingerprint density at radius 3 is 2.43 bits per heavy atom. The molecule has 0 spiro atoms. The fourth-order valence-electron chi connectivity index (χ4n) is 3.65. The highest BCUT2D eigenvalue weighted by atomic mass is 32.2. The van der Waals surface area contributed by atoms with Crippen LogP contribution in [0.15, 0.2) is 35.4 Å². The van der Waals surface area contributed by atoms with E-state index in [0.717, 1.165) is 22.1 Å². The molecule has 2 amide bonds. The van der Waals surface area contributed by atoms with Gasteiger partial charge in [0.1, 0.15) is 10.9 Å². The van der Waals surface area contributed by atoms with Crippen LogP contribution in [-0.4, -0.2) is 46.0 Å². The number of benzene rings is 1. The molecule has 0 aliphatic carbocycles. The summed E-state index contributed by atoms with van der Waals surface area (Å²) in [6.07, 6.45) is 3.28. The van der Waals surface area contributed by atoms with Gasteiger partial charge < -0.3 is 10.2 Å². The lowest BCUT2D eigenvalue weighted by Crippen LogP contribution is -2.43. The quantitative estimate of drug-likeness (QED) is 0.562. The van der Waals surface area contributed by atoms with Crippen LogP contribution >= 0.6 is 11.8 Å². The van der Waals surface area contributed by atoms with Crippen LogP contribution in [0.1, 0.15) is 60.0 Å². The van der Waals surface area contributed by atoms with E-state index < -0.39 is 0 Å². The molecule has 1 aliphatic rings. The maximum Gasteiger partial charge on any atom is 0.258 e. The number of thioether (sulfide) groups is 1. The molecule has 2 aromatic rings. The fourth-order valence-corrected chi connectivity index (χ4v) is 4.28. The maximum atomic E-state index is 13.2. The molecule has 6 nitrogen and oxygen atoms in total. The van der Waals surface area contributed by atoms with E-state index in [9.17, 15) is 9.59 Å². The van der Waals surface area contributed by atoms with Crippen LogP contribution in [0.4, 0.5) is 0 Å². The third-order valence-electron chi connectivity index (χ3n) is 5.46. The van der Waals surface area contributed by atoms with E-state index in [1.165, 1.54) is 11.8 Å². The van der Waals surface area contributed by atoms with Gasteiger partial charge >= 0.3 is 0 Å². The number of piperidine rings is 1. The lowest BCUT2D eigenvalue weighted by atomic mass is 9.95. The molecular formula is C23H30N4O2S. The van der Waals surface area contributed by atoms with Crippen molar-refractivity contribution in [3.05, 3.63) is 53.0 Å². The van der Waals surface area contributed by atoms with Crippen LogP contribution < -0.4 is 5.32 Å². The summed E-state index contributed by atoms with van der Waals surface area (Å²) in [6.45, 7) is 7.66. The first-order valence-corrected chi connectivity index (χ1v) is 11.7. The molecule has 1 N–H and O–H groups in total. The van der Waals surface area contributed by atoms with Gasteiger partial charge in [0.15, 0.2) is 0 Å². The van der Waals surface area contributed by atoms with E-state index >= 15 is 0 Å². The molecule has 1 saturated heterocycles. The standard InChI is InChI=1S/C23H30N4O2S/c1-15(2)20-25-16(3)19(22(26-20)30-4)23(29)27-12-10-18(11-13-27)21(28)24-14-17-8-6-5-7-9-17/h5-9,15,18H,10-14H2,1-4H3,(H,24,28). The first-order chi connectivity index (χ1) is 14.4. The molecule has 30 heavy (non-hydrogen) atoms. The summed E-state index contributed by atoms with van der Waals surface area (Å²) in [5, 5.41) is 3.76. The average Bonchev–Trinajstić information content (AvgIpc) is 2.77. The predicted octanol–water partition coefficient (Wildman–Crippen LogP) is 3.80. The largest absolute Gasteiger partial charge is 0.352 e. The van der Waals surface area contributed by atoms with E-state index in [1.54, 1.807) is 0 Å². The Morgan fingerprint density at radius 2 is 1.83 bits per heavy atom. The molecule has 0 bridgehead atoms. The number of likely N-dealkylation sites (tertiary alicyclic amines) is 1. The number of aryl methyl sites for hydroxylation is 1. The molecule has 0 saturated carbocycles. The molecule has 160 valence electrons. The van der Waals surface area contributed by atoms with Gasteiger partial charge in [-0.05, 0) is 31.6 Å². The summed E-state index contributed by atoms with van der Waals surface area (Å²) >= 11 is 1.48. The van der Waals surface area contributed by atoms with E-state index in [-0.39, 0.29) is 23.7 Å². The summed E-state index contributed by atoms with van der Waals surface area (Å²) in [5.74, 6) is 0.955. The van der Waals surface area contributed by atoms with Crippen LogP contribution in [0.25, 0.3) is 0 Å². The van der Waals surface area contributed by atoms with Crippen LogP contribution in [0.2, 0.25) is 0 Å². The molecule has 0 radical (unpaired) electrons. The molecule has 1 aromatic heterocycles. The molecular weight excluding hydrogens is 396 g/mol. The van der Waals surface area contributed by atoms with Gasteiger partial charge in [-0.15, -0.1) is 11.8 Å². The first kappa shape index (κ1) is 22.3. The van der Waals surface area contributed by atoms with Crippen molar-refractivity contribution in [3.8, 4) is 0 Å². The van der Waals surface area contributed by atoms with Crippen molar-refractivity contribution in [1.82, 2.24) is 20.2 Å². The maximum absolute atomic E-state index is 13.2. The third kappa shape index (κ3) is 5.19. The van der Waals surface area contributed by atoms with Gasteiger partial charge in [-0.25, -0.2) is 9.97 Å². The van der Waals surface area contributed by atoms with Crippen molar-refractivity contribution in [3.63, 3.8) is 0 Å². The summed E-state index contributed by atoms with van der Waals surface area (Å²) in [4.78, 5) is 36.7. The van der Waals surface area contributed by atoms with Crippen molar-refractivity contribution < 1.29 is 9.59 Å². The number of nitrogens with one attached hydrogen (secondary N) is 1. The normalized spacial score (nSPS) is 14.8. The Kier molecular flexibility index (Phi) is 7.48. The Morgan fingerprint density at radius 1 is 1.17 bits per heavy atom. The summed E-state index contributed by atoms with van der Waals surface area (Å²) < 4.78 is 0. The molecule has 0 unspecified atom stereocenters. The zero-order chi connectivity index (χ0) is 21.7. The summed E-state index contributed by atoms with van der Waals surface area (Å²) in [5.41, 5.74) is 2.41. The van der Waals surface area contributed by atoms with Gasteiger partial charge in [-0.1, -0.05) is 44.2 Å². The number of rotatable bonds is 6. The fraction of sp³-hybridized carbons (Fsp3) is 0.478. The number of carbonyl (C=O) groups excluding carboxylic acids is 2. The molecule has 1 aromatic carbocycles. The van der Waals surface area contributed by atoms with E-state index in [0.29, 0.717) is 38.0 Å². The lowest BCUT2D eigenvalue weighted by molar-refractivity contribution is -0.126. The first-order valence-electron chi connectivity index (χ1n) is 10.4. The second-order valence-corrected chi connectivity index (χ2v) is 8.77. The number of hydrogen-bond donors (Lipinski definition) is 1. The van der Waals surface area contributed by atoms with Gasteiger partial charge in [-0.2, -0.15) is 0 Å². The topological polar surface area (TPSA) is 75.2 Å². The van der Waals surface area contributed by atoms with Gasteiger partial charge in [0.05, 0.1) is 11.3 Å². The lowest BCUT2D eigenvalue weighted by Gasteiger charge is -2.32. The Balaban J connectivity index is 1.61. The minimum Gasteiger partial charge on any atom is -0.352 e. The highest BCUT2D eigenvalue weighted by molar-refractivity contribution is 7.98. The van der Waals surface area contributed by atoms with E-state index in [4.69, 9.17) is 0 Å². The molecule has 0 atom stereocenters. The summed E-state index contributed by atoms with van der Waals surface area (Å²) in [7, 11) is 0. The highest BCUT2D eigenvalue weighted by Gasteiger charge is 2.30. The number of carbonyl (C=O) groups is 2. The van der Waals surface area contributed by atoms with Crippen LogP contribution in [0.3, 0.4) is 0 Å². The van der Waals surface area contributed by atoms with Crippen molar-refractivity contribution in [1.29, 1.82) is 0 Å². The second-order valence-electron chi connectivity index (χ2n) is 7.98. The average molecular weight is 427 g/mol. The SMILES string of the molecule is CSc1nc(C(C)C)nc(C)c1C(=O)N1CCC(C(=O)NCc2ccccc2)CC1. The Bertz CT molecular complexity index is 894. The van der Waals surface area contributed by atoms with Crippen LogP contribution in [-0.2, 0) is 11.3 Å². The zero-order valence-corrected chi connectivity index (χ0v) is 19.0. The zero-order valence-electron chi connectivity index (χ0n) is 18.1. The third-order valence-corrected chi connectivity index (χ3v) is 6.14. The smallest absolute Gasteiger partial charge is 0.258 e. The highest BCUT2D eigenvalue weighted by Crippen LogP contribution is 2.26. The number of aromatic nitrogens is 2. The molecule has 1 fully saturated rings. The molecule has 7 heteroatoms. The molecule has 1 aliphatic heterocycles. The van der Waals surface area contributed by atoms with Gasteiger partial charge in [0, 0.05) is 31.5 Å². The molecule has 2 heterocycles. The van der Waals surface area contributed by atoms with E-state index in [2.05, 4.69) is 15.3 Å². The monoisotopic (exact) mass is 426 g/mol. The summed E-state index contributed by atoms with van der Waals surface area (Å²) in [6, 6.07) is 9.89. The minimum atomic E-state index is -0.0570. The van der Waals surface area contributed by atoms with Gasteiger partial charge in [-0.3, -0.25) is 9.59 Å². The second kappa shape index (κ2) is 10.1. The van der Waals surface area contributed by atoms with Crippen molar-refractivity contribution >= 4 is 23.6 Å². The number of nitrogens with zero attached hydrogens (tertiary/aromatic N) is 3. The van der Waals surface area contributed by atoms with Gasteiger partial charge in [0.2, 0.25) is 5.91 Å². The number of hydrogen-bond acceptors (Lipinski definition) is 5. The van der Waals surface area contributed by atoms with Crippen LogP contribution in [0.5, 0.6) is 0 Å². The minimum absolute atomic E-state index is 0.0321. The van der Waals surface area contributed by atoms with Crippen molar-refractivity contribution in [2.75, 3.05) is 19.3 Å². The van der Waals surface area contributed by atoms with Crippen LogP contribution in [0, 0.1) is 12.8 Å². The van der Waals surface area contributed by atoms with Crippen molar-refractivity contribution in [2.45, 2.75) is 51.1 Å². The van der Waals surface area contributed by atoms with E-state index in [1.807, 2.05) is 62.3 Å². The number of amides is 2. The van der Waals surface area contributed by atoms with Crippen molar-refractivity contribution in [2.24, 2.45) is 5.92 Å². The predicted molar refractivity (Wildman–Crippen MR) is 120 cm³/mol. The Labute approximate surface area is 182 Å². The Hall–Kier alpha value is -2.41. The molecule has 3 rings (SSSR count). The van der Waals surface area contributed by atoms with Gasteiger partial charge in [0.25, 0.3) is 5.91 Å².